The SMILES string of the molecule is CCCCCNN=C(C#N)C#N. The summed E-state index contributed by atoms with van der Waals surface area (Å²) in [5.41, 5.74) is 2.55. The molecule has 0 atom stereocenters. The molecule has 64 valence electrons. The molecule has 0 spiro atoms. The molecule has 0 unspecified atom stereocenters. The second-order valence-corrected chi connectivity index (χ2v) is 2.30. The predicted molar refractivity (Wildman–Crippen MR) is 46.2 cm³/mol. The molecular weight excluding hydrogens is 152 g/mol. The normalized spacial score (nSPS) is 7.92. The van der Waals surface area contributed by atoms with Gasteiger partial charge < -0.3 is 5.43 Å². The molecule has 1 N–H and O–H groups in total. The van der Waals surface area contributed by atoms with Gasteiger partial charge in [0.15, 0.2) is 0 Å². The molecule has 12 heavy (non-hydrogen) atoms. The van der Waals surface area contributed by atoms with Crippen molar-refractivity contribution in [2.24, 2.45) is 5.10 Å². The maximum Gasteiger partial charge on any atom is 0.236 e. The lowest BCUT2D eigenvalue weighted by atomic mass is 10.2. The standard InChI is InChI=1S/C8H12N4/c1-2-3-4-5-11-12-8(6-9)7-10/h11H,2-5H2,1H3. The zero-order valence-electron chi connectivity index (χ0n) is 7.17. The fourth-order valence-corrected chi connectivity index (χ4v) is 0.664. The number of unbranched alkanes of at least 4 members (excludes halogenated alkanes) is 2. The Hall–Kier alpha value is -1.55. The van der Waals surface area contributed by atoms with E-state index in [-0.39, 0.29) is 5.71 Å². The number of rotatable bonds is 5. The van der Waals surface area contributed by atoms with E-state index in [4.69, 9.17) is 10.5 Å². The Balaban J connectivity index is 3.48. The van der Waals surface area contributed by atoms with Crippen LogP contribution in [0, 0.1) is 22.7 Å². The van der Waals surface area contributed by atoms with Crippen LogP contribution in [-0.2, 0) is 0 Å². The lowest BCUT2D eigenvalue weighted by Crippen LogP contribution is -2.10. The Labute approximate surface area is 72.5 Å². The topological polar surface area (TPSA) is 72.0 Å². The summed E-state index contributed by atoms with van der Waals surface area (Å²) in [6.45, 7) is 2.83. The van der Waals surface area contributed by atoms with Crippen molar-refractivity contribution in [2.45, 2.75) is 26.2 Å². The van der Waals surface area contributed by atoms with E-state index in [1.54, 1.807) is 12.1 Å². The highest BCUT2D eigenvalue weighted by Gasteiger charge is 1.90. The van der Waals surface area contributed by atoms with E-state index in [1.165, 1.54) is 0 Å². The van der Waals surface area contributed by atoms with E-state index in [9.17, 15) is 0 Å². The van der Waals surface area contributed by atoms with Crippen molar-refractivity contribution in [3.05, 3.63) is 0 Å². The number of hydrazone groups is 1. The van der Waals surface area contributed by atoms with E-state index in [2.05, 4.69) is 17.5 Å². The van der Waals surface area contributed by atoms with Crippen LogP contribution in [0.2, 0.25) is 0 Å². The van der Waals surface area contributed by atoms with Crippen molar-refractivity contribution < 1.29 is 0 Å². The van der Waals surface area contributed by atoms with Crippen LogP contribution >= 0.6 is 0 Å². The summed E-state index contributed by atoms with van der Waals surface area (Å²) >= 11 is 0. The van der Waals surface area contributed by atoms with Crippen LogP contribution in [0.5, 0.6) is 0 Å². The van der Waals surface area contributed by atoms with Crippen molar-refractivity contribution in [1.29, 1.82) is 10.5 Å². The summed E-state index contributed by atoms with van der Waals surface area (Å²) < 4.78 is 0. The highest BCUT2D eigenvalue weighted by Crippen LogP contribution is 1.90. The fraction of sp³-hybridized carbons (Fsp3) is 0.625. The van der Waals surface area contributed by atoms with Gasteiger partial charge in [-0.05, 0) is 6.42 Å². The number of nitrogens with zero attached hydrogens (tertiary/aromatic N) is 3. The zero-order chi connectivity index (χ0) is 9.23. The third-order valence-corrected chi connectivity index (χ3v) is 1.29. The monoisotopic (exact) mass is 164 g/mol. The third-order valence-electron chi connectivity index (χ3n) is 1.29. The molecule has 0 aliphatic heterocycles. The van der Waals surface area contributed by atoms with Gasteiger partial charge in [-0.15, -0.1) is 0 Å². The molecule has 0 saturated carbocycles. The summed E-state index contributed by atoms with van der Waals surface area (Å²) in [7, 11) is 0. The van der Waals surface area contributed by atoms with Gasteiger partial charge in [0.2, 0.25) is 5.71 Å². The van der Waals surface area contributed by atoms with E-state index in [0.717, 1.165) is 25.8 Å². The molecule has 0 amide bonds. The van der Waals surface area contributed by atoms with Crippen molar-refractivity contribution in [2.75, 3.05) is 6.54 Å². The molecule has 0 heterocycles. The number of hydrogen-bond acceptors (Lipinski definition) is 4. The van der Waals surface area contributed by atoms with Crippen molar-refractivity contribution in [1.82, 2.24) is 5.43 Å². The molecule has 0 saturated heterocycles. The van der Waals surface area contributed by atoms with E-state index < -0.39 is 0 Å². The third kappa shape index (κ3) is 5.25. The number of nitriles is 2. The molecule has 0 radical (unpaired) electrons. The maximum absolute atomic E-state index is 8.29. The average molecular weight is 164 g/mol. The van der Waals surface area contributed by atoms with Crippen LogP contribution in [0.3, 0.4) is 0 Å². The quantitative estimate of drug-likeness (QED) is 0.376. The first-order chi connectivity index (χ1) is 5.85. The molecule has 4 nitrogen and oxygen atoms in total. The minimum absolute atomic E-state index is 0.119. The van der Waals surface area contributed by atoms with Crippen LogP contribution in [0.4, 0.5) is 0 Å². The highest BCUT2D eigenvalue weighted by atomic mass is 15.3. The van der Waals surface area contributed by atoms with Gasteiger partial charge in [0.1, 0.15) is 12.1 Å². The van der Waals surface area contributed by atoms with Gasteiger partial charge in [0.25, 0.3) is 0 Å². The van der Waals surface area contributed by atoms with Gasteiger partial charge in [0, 0.05) is 6.54 Å². The Morgan fingerprint density at radius 1 is 1.33 bits per heavy atom. The van der Waals surface area contributed by atoms with Crippen molar-refractivity contribution >= 4 is 5.71 Å². The van der Waals surface area contributed by atoms with Crippen LogP contribution in [0.25, 0.3) is 0 Å². The van der Waals surface area contributed by atoms with E-state index in [0.29, 0.717) is 0 Å². The van der Waals surface area contributed by atoms with Crippen LogP contribution in [0.1, 0.15) is 26.2 Å². The Kier molecular flexibility index (Phi) is 6.58. The molecule has 0 aliphatic carbocycles. The van der Waals surface area contributed by atoms with Gasteiger partial charge >= 0.3 is 0 Å². The van der Waals surface area contributed by atoms with Gasteiger partial charge in [0.05, 0.1) is 0 Å². The van der Waals surface area contributed by atoms with Gasteiger partial charge in [-0.3, -0.25) is 0 Å². The minimum atomic E-state index is -0.119. The van der Waals surface area contributed by atoms with Gasteiger partial charge in [-0.1, -0.05) is 19.8 Å². The summed E-state index contributed by atoms with van der Waals surface area (Å²) in [6.07, 6.45) is 3.30. The number of nitrogens with one attached hydrogen (secondary N) is 1. The summed E-state index contributed by atoms with van der Waals surface area (Å²) in [5, 5.41) is 20.1. The molecule has 0 aromatic carbocycles. The highest BCUT2D eigenvalue weighted by molar-refractivity contribution is 6.09. The molecule has 0 aliphatic rings. The maximum atomic E-state index is 8.29. The molecule has 4 heteroatoms. The molecule has 0 rings (SSSR count). The second-order valence-electron chi connectivity index (χ2n) is 2.30. The minimum Gasteiger partial charge on any atom is -0.308 e. The smallest absolute Gasteiger partial charge is 0.236 e. The largest absolute Gasteiger partial charge is 0.308 e. The summed E-state index contributed by atoms with van der Waals surface area (Å²) in [5.74, 6) is 0. The molecule has 0 fully saturated rings. The fourth-order valence-electron chi connectivity index (χ4n) is 0.664. The number of hydrogen-bond donors (Lipinski definition) is 1. The van der Waals surface area contributed by atoms with Gasteiger partial charge in [-0.2, -0.15) is 15.6 Å². The van der Waals surface area contributed by atoms with Crippen LogP contribution in [0.15, 0.2) is 5.10 Å². The van der Waals surface area contributed by atoms with E-state index >= 15 is 0 Å². The Bertz CT molecular complexity index is 202. The van der Waals surface area contributed by atoms with E-state index in [1.807, 2.05) is 0 Å². The predicted octanol–water partition coefficient (Wildman–Crippen LogP) is 1.17. The lowest BCUT2D eigenvalue weighted by Gasteiger charge is -1.96. The van der Waals surface area contributed by atoms with Crippen LogP contribution < -0.4 is 5.43 Å². The molecule has 0 bridgehead atoms. The second kappa shape index (κ2) is 7.56. The first-order valence-corrected chi connectivity index (χ1v) is 3.96. The Morgan fingerprint density at radius 2 is 2.00 bits per heavy atom. The zero-order valence-corrected chi connectivity index (χ0v) is 7.17. The molecular formula is C8H12N4. The van der Waals surface area contributed by atoms with Crippen molar-refractivity contribution in [3.63, 3.8) is 0 Å². The first-order valence-electron chi connectivity index (χ1n) is 3.96. The van der Waals surface area contributed by atoms with Crippen molar-refractivity contribution in [3.8, 4) is 12.1 Å². The summed E-state index contributed by atoms with van der Waals surface area (Å²) in [4.78, 5) is 0. The van der Waals surface area contributed by atoms with Gasteiger partial charge in [-0.25, -0.2) is 0 Å². The average Bonchev–Trinajstić information content (AvgIpc) is 2.11. The summed E-state index contributed by atoms with van der Waals surface area (Å²) in [6, 6.07) is 3.34. The lowest BCUT2D eigenvalue weighted by molar-refractivity contribution is 0.640. The Morgan fingerprint density at radius 3 is 2.50 bits per heavy atom. The molecule has 0 aromatic rings. The van der Waals surface area contributed by atoms with Crippen LogP contribution in [-0.4, -0.2) is 12.3 Å². The first kappa shape index (κ1) is 10.4. The molecule has 0 aromatic heterocycles.